The van der Waals surface area contributed by atoms with Crippen LogP contribution in [0.2, 0.25) is 0 Å². The van der Waals surface area contributed by atoms with Gasteiger partial charge in [-0.1, -0.05) is 30.3 Å². The highest BCUT2D eigenvalue weighted by Gasteiger charge is 2.22. The largest absolute Gasteiger partial charge is 0.382 e. The maximum Gasteiger partial charge on any atom is 0.269 e. The van der Waals surface area contributed by atoms with E-state index in [9.17, 15) is 10.1 Å². The molecular weight excluding hydrogens is 288 g/mol. The average molecular weight is 310 g/mol. The number of nitrogens with zero attached hydrogens (tertiary/aromatic N) is 1. The van der Waals surface area contributed by atoms with Crippen molar-refractivity contribution in [3.63, 3.8) is 0 Å². The van der Waals surface area contributed by atoms with E-state index in [2.05, 4.69) is 35.6 Å². The van der Waals surface area contributed by atoms with E-state index < -0.39 is 0 Å². The van der Waals surface area contributed by atoms with Crippen molar-refractivity contribution in [2.75, 3.05) is 5.32 Å². The van der Waals surface area contributed by atoms with Crippen LogP contribution >= 0.6 is 0 Å². The van der Waals surface area contributed by atoms with Crippen LogP contribution in [0, 0.1) is 17.0 Å². The van der Waals surface area contributed by atoms with Crippen molar-refractivity contribution in [3.8, 4) is 0 Å². The Kier molecular flexibility index (Phi) is 4.60. The van der Waals surface area contributed by atoms with Gasteiger partial charge in [-0.2, -0.15) is 0 Å². The average Bonchev–Trinajstić information content (AvgIpc) is 2.58. The van der Waals surface area contributed by atoms with Crippen LogP contribution in [-0.2, 0) is 0 Å². The summed E-state index contributed by atoms with van der Waals surface area (Å²) in [6, 6.07) is 16.2. The van der Waals surface area contributed by atoms with Gasteiger partial charge in [-0.05, 0) is 55.7 Å². The van der Waals surface area contributed by atoms with Gasteiger partial charge in [0, 0.05) is 23.9 Å². The first kappa shape index (κ1) is 15.5. The first-order valence-electron chi connectivity index (χ1n) is 8.20. The molecule has 1 aliphatic rings. The van der Waals surface area contributed by atoms with E-state index in [1.165, 1.54) is 18.4 Å². The second-order valence-electron chi connectivity index (χ2n) is 6.36. The van der Waals surface area contributed by atoms with E-state index in [0.29, 0.717) is 12.0 Å². The number of nitro groups is 1. The Labute approximate surface area is 136 Å². The summed E-state index contributed by atoms with van der Waals surface area (Å²) in [5.74, 6) is 0.659. The molecule has 120 valence electrons. The highest BCUT2D eigenvalue weighted by Crippen LogP contribution is 2.34. The zero-order valence-corrected chi connectivity index (χ0v) is 13.4. The third kappa shape index (κ3) is 3.70. The third-order valence-electron chi connectivity index (χ3n) is 4.78. The molecule has 1 N–H and O–H groups in total. The summed E-state index contributed by atoms with van der Waals surface area (Å²) < 4.78 is 0. The highest BCUT2D eigenvalue weighted by molar-refractivity contribution is 5.56. The van der Waals surface area contributed by atoms with Crippen LogP contribution in [0.15, 0.2) is 48.5 Å². The van der Waals surface area contributed by atoms with Gasteiger partial charge in [0.2, 0.25) is 0 Å². The van der Waals surface area contributed by atoms with Crippen LogP contribution < -0.4 is 5.32 Å². The minimum Gasteiger partial charge on any atom is -0.382 e. The molecule has 0 unspecified atom stereocenters. The molecule has 2 aromatic rings. The predicted octanol–water partition coefficient (Wildman–Crippen LogP) is 5.04. The summed E-state index contributed by atoms with van der Waals surface area (Å²) in [7, 11) is 0. The van der Waals surface area contributed by atoms with Gasteiger partial charge in [-0.25, -0.2) is 0 Å². The number of hydrogen-bond donors (Lipinski definition) is 1. The summed E-state index contributed by atoms with van der Waals surface area (Å²) in [4.78, 5) is 10.5. The number of aryl methyl sites for hydroxylation is 1. The lowest BCUT2D eigenvalue weighted by atomic mass is 9.81. The van der Waals surface area contributed by atoms with Crippen molar-refractivity contribution in [2.45, 2.75) is 44.6 Å². The molecule has 0 spiro atoms. The summed E-state index contributed by atoms with van der Waals surface area (Å²) in [6.07, 6.45) is 4.65. The number of nitrogens with one attached hydrogen (secondary N) is 1. The second-order valence-corrected chi connectivity index (χ2v) is 6.36. The number of rotatable bonds is 4. The van der Waals surface area contributed by atoms with Crippen LogP contribution in [0.25, 0.3) is 0 Å². The smallest absolute Gasteiger partial charge is 0.269 e. The first-order chi connectivity index (χ1) is 11.1. The molecule has 2 aromatic carbocycles. The molecule has 0 aliphatic heterocycles. The second kappa shape index (κ2) is 6.82. The number of benzene rings is 2. The Bertz CT molecular complexity index is 677. The molecule has 0 aromatic heterocycles. The molecule has 0 radical (unpaired) electrons. The minimum absolute atomic E-state index is 0.154. The van der Waals surface area contributed by atoms with Crippen molar-refractivity contribution < 1.29 is 4.92 Å². The first-order valence-corrected chi connectivity index (χ1v) is 8.20. The Morgan fingerprint density at radius 1 is 1.04 bits per heavy atom. The van der Waals surface area contributed by atoms with E-state index in [4.69, 9.17) is 0 Å². The quantitative estimate of drug-likeness (QED) is 0.635. The summed E-state index contributed by atoms with van der Waals surface area (Å²) >= 11 is 0. The van der Waals surface area contributed by atoms with Gasteiger partial charge in [0.15, 0.2) is 0 Å². The number of non-ortho nitro benzene ring substituents is 1. The van der Waals surface area contributed by atoms with E-state index in [-0.39, 0.29) is 10.6 Å². The van der Waals surface area contributed by atoms with Gasteiger partial charge in [0.25, 0.3) is 5.69 Å². The summed E-state index contributed by atoms with van der Waals surface area (Å²) in [6.45, 7) is 1.92. The van der Waals surface area contributed by atoms with Gasteiger partial charge < -0.3 is 5.32 Å². The molecule has 4 heteroatoms. The van der Waals surface area contributed by atoms with E-state index in [1.807, 2.05) is 13.0 Å². The zero-order chi connectivity index (χ0) is 16.2. The van der Waals surface area contributed by atoms with Crippen molar-refractivity contribution in [1.82, 2.24) is 0 Å². The third-order valence-corrected chi connectivity index (χ3v) is 4.78. The summed E-state index contributed by atoms with van der Waals surface area (Å²) in [5, 5.41) is 14.4. The van der Waals surface area contributed by atoms with Crippen molar-refractivity contribution >= 4 is 11.4 Å². The molecule has 4 nitrogen and oxygen atoms in total. The molecule has 3 rings (SSSR count). The fourth-order valence-electron chi connectivity index (χ4n) is 3.44. The number of anilines is 1. The van der Waals surface area contributed by atoms with Crippen LogP contribution in [0.3, 0.4) is 0 Å². The minimum atomic E-state index is -0.345. The van der Waals surface area contributed by atoms with Crippen LogP contribution in [0.5, 0.6) is 0 Å². The van der Waals surface area contributed by atoms with Crippen LogP contribution in [0.4, 0.5) is 11.4 Å². The molecule has 0 atom stereocenters. The summed E-state index contributed by atoms with van der Waals surface area (Å²) in [5.41, 5.74) is 3.54. The fraction of sp³-hybridized carbons (Fsp3) is 0.368. The van der Waals surface area contributed by atoms with Gasteiger partial charge in [0.05, 0.1) is 4.92 Å². The lowest BCUT2D eigenvalue weighted by Gasteiger charge is -2.30. The van der Waals surface area contributed by atoms with Crippen molar-refractivity contribution in [3.05, 3.63) is 69.8 Å². The molecule has 0 bridgehead atoms. The Hall–Kier alpha value is -2.36. The van der Waals surface area contributed by atoms with Crippen LogP contribution in [-0.4, -0.2) is 11.0 Å². The van der Waals surface area contributed by atoms with E-state index >= 15 is 0 Å². The van der Waals surface area contributed by atoms with E-state index in [1.54, 1.807) is 12.1 Å². The fourth-order valence-corrected chi connectivity index (χ4v) is 3.44. The molecule has 23 heavy (non-hydrogen) atoms. The van der Waals surface area contributed by atoms with Crippen LogP contribution in [0.1, 0.15) is 42.7 Å². The lowest BCUT2D eigenvalue weighted by molar-refractivity contribution is -0.384. The molecular formula is C19H22N2O2. The maximum atomic E-state index is 10.8. The number of hydrogen-bond acceptors (Lipinski definition) is 3. The molecule has 0 amide bonds. The maximum absolute atomic E-state index is 10.8. The molecule has 1 saturated carbocycles. The zero-order valence-electron chi connectivity index (χ0n) is 13.4. The van der Waals surface area contributed by atoms with Gasteiger partial charge >= 0.3 is 0 Å². The standard InChI is InChI=1S/C19H22N2O2/c1-14-13-18(21(22)23)11-12-19(14)20-17-9-7-16(8-10-17)15-5-3-2-4-6-15/h2-6,11-13,16-17,20H,7-10H2,1H3. The van der Waals surface area contributed by atoms with Gasteiger partial charge in [0.1, 0.15) is 0 Å². The van der Waals surface area contributed by atoms with E-state index in [0.717, 1.165) is 24.1 Å². The SMILES string of the molecule is Cc1cc([N+](=O)[O-])ccc1NC1CCC(c2ccccc2)CC1. The Morgan fingerprint density at radius 2 is 1.74 bits per heavy atom. The van der Waals surface area contributed by atoms with Crippen molar-refractivity contribution in [2.24, 2.45) is 0 Å². The highest BCUT2D eigenvalue weighted by atomic mass is 16.6. The molecule has 0 saturated heterocycles. The Balaban J connectivity index is 1.60. The number of nitro benzene ring substituents is 1. The van der Waals surface area contributed by atoms with Crippen molar-refractivity contribution in [1.29, 1.82) is 0 Å². The normalized spacial score (nSPS) is 20.9. The predicted molar refractivity (Wildman–Crippen MR) is 92.9 cm³/mol. The molecule has 1 fully saturated rings. The topological polar surface area (TPSA) is 55.2 Å². The molecule has 0 heterocycles. The van der Waals surface area contributed by atoms with Gasteiger partial charge in [-0.3, -0.25) is 10.1 Å². The molecule has 1 aliphatic carbocycles. The lowest BCUT2D eigenvalue weighted by Crippen LogP contribution is -2.25. The Morgan fingerprint density at radius 3 is 2.35 bits per heavy atom. The van der Waals surface area contributed by atoms with Gasteiger partial charge in [-0.15, -0.1) is 0 Å². The monoisotopic (exact) mass is 310 g/mol.